The summed E-state index contributed by atoms with van der Waals surface area (Å²) in [5.74, 6) is 0. The van der Waals surface area contributed by atoms with Crippen molar-refractivity contribution >= 4 is 0 Å². The maximum absolute atomic E-state index is 13.0. The molecule has 1 heterocycles. The van der Waals surface area contributed by atoms with Gasteiger partial charge in [0.05, 0.1) is 0 Å². The van der Waals surface area contributed by atoms with Crippen LogP contribution in [0.4, 0.5) is 4.39 Å². The molecule has 60 valence electrons. The summed E-state index contributed by atoms with van der Waals surface area (Å²) in [6.07, 6.45) is 3.24. The van der Waals surface area contributed by atoms with Crippen molar-refractivity contribution in [1.29, 1.82) is 0 Å². The van der Waals surface area contributed by atoms with E-state index in [9.17, 15) is 4.39 Å². The second-order valence-electron chi connectivity index (χ2n) is 3.01. The average Bonchev–Trinajstić information content (AvgIpc) is 1.94. The Morgan fingerprint density at radius 2 is 2.40 bits per heavy atom. The average molecular weight is 145 g/mol. The van der Waals surface area contributed by atoms with E-state index in [1.807, 2.05) is 0 Å². The first-order valence-electron chi connectivity index (χ1n) is 4.22. The molecule has 1 fully saturated rings. The van der Waals surface area contributed by atoms with Crippen LogP contribution >= 0.6 is 0 Å². The van der Waals surface area contributed by atoms with Crippen molar-refractivity contribution in [3.8, 4) is 0 Å². The maximum Gasteiger partial charge on any atom is 0.115 e. The van der Waals surface area contributed by atoms with E-state index >= 15 is 0 Å². The van der Waals surface area contributed by atoms with Gasteiger partial charge in [0.15, 0.2) is 0 Å². The Morgan fingerprint density at radius 3 is 3.00 bits per heavy atom. The van der Waals surface area contributed by atoms with Crippen LogP contribution in [0.25, 0.3) is 0 Å². The van der Waals surface area contributed by atoms with E-state index in [4.69, 9.17) is 0 Å². The molecule has 0 aromatic heterocycles. The Labute approximate surface area is 62.0 Å². The lowest BCUT2D eigenvalue weighted by Gasteiger charge is -2.26. The molecule has 1 nitrogen and oxygen atoms in total. The molecule has 10 heavy (non-hydrogen) atoms. The summed E-state index contributed by atoms with van der Waals surface area (Å²) in [5.41, 5.74) is 0. The van der Waals surface area contributed by atoms with Crippen LogP contribution in [0.1, 0.15) is 32.6 Å². The Morgan fingerprint density at radius 1 is 1.60 bits per heavy atom. The van der Waals surface area contributed by atoms with Gasteiger partial charge in [-0.2, -0.15) is 0 Å². The monoisotopic (exact) mass is 145 g/mol. The molecule has 0 amide bonds. The summed E-state index contributed by atoms with van der Waals surface area (Å²) in [4.78, 5) is 0. The van der Waals surface area contributed by atoms with Crippen molar-refractivity contribution in [3.05, 3.63) is 0 Å². The first-order chi connectivity index (χ1) is 4.84. The zero-order valence-electron chi connectivity index (χ0n) is 6.57. The molecule has 0 bridgehead atoms. The van der Waals surface area contributed by atoms with Gasteiger partial charge in [0.1, 0.15) is 6.17 Å². The third-order valence-corrected chi connectivity index (χ3v) is 2.10. The molecule has 1 aliphatic heterocycles. The fraction of sp³-hybridized carbons (Fsp3) is 1.00. The normalized spacial score (nSPS) is 34.2. The van der Waals surface area contributed by atoms with Crippen molar-refractivity contribution in [2.45, 2.75) is 44.8 Å². The van der Waals surface area contributed by atoms with Gasteiger partial charge in [-0.25, -0.2) is 4.39 Å². The topological polar surface area (TPSA) is 12.0 Å². The minimum atomic E-state index is -0.589. The van der Waals surface area contributed by atoms with Gasteiger partial charge in [0.2, 0.25) is 0 Å². The quantitative estimate of drug-likeness (QED) is 0.625. The molecule has 0 spiro atoms. The fourth-order valence-corrected chi connectivity index (χ4v) is 1.51. The molecular formula is C8H16FN. The molecule has 0 aromatic carbocycles. The lowest BCUT2D eigenvalue weighted by molar-refractivity contribution is 0.191. The van der Waals surface area contributed by atoms with E-state index in [2.05, 4.69) is 12.2 Å². The van der Waals surface area contributed by atoms with Crippen LogP contribution in [-0.2, 0) is 0 Å². The zero-order valence-corrected chi connectivity index (χ0v) is 6.57. The van der Waals surface area contributed by atoms with Crippen LogP contribution < -0.4 is 5.32 Å². The Kier molecular flexibility index (Phi) is 3.13. The van der Waals surface area contributed by atoms with Gasteiger partial charge in [0, 0.05) is 6.04 Å². The predicted octanol–water partition coefficient (Wildman–Crippen LogP) is 1.88. The molecule has 0 aromatic rings. The number of rotatable bonds is 2. The maximum atomic E-state index is 13.0. The molecule has 2 atom stereocenters. The fourth-order valence-electron chi connectivity index (χ4n) is 1.51. The lowest BCUT2D eigenvalue weighted by Crippen LogP contribution is -2.42. The molecule has 0 aliphatic carbocycles. The SMILES string of the molecule is CCCC1NCCCC1F. The van der Waals surface area contributed by atoms with E-state index in [-0.39, 0.29) is 6.04 Å². The number of hydrogen-bond donors (Lipinski definition) is 1. The van der Waals surface area contributed by atoms with Crippen molar-refractivity contribution in [2.24, 2.45) is 0 Å². The highest BCUT2D eigenvalue weighted by molar-refractivity contribution is 4.80. The number of hydrogen-bond acceptors (Lipinski definition) is 1. The van der Waals surface area contributed by atoms with Crippen LogP contribution in [0.3, 0.4) is 0 Å². The predicted molar refractivity (Wildman–Crippen MR) is 40.8 cm³/mol. The smallest absolute Gasteiger partial charge is 0.115 e. The summed E-state index contributed by atoms with van der Waals surface area (Å²) in [6.45, 7) is 3.11. The second kappa shape index (κ2) is 3.91. The van der Waals surface area contributed by atoms with Crippen LogP contribution in [-0.4, -0.2) is 18.8 Å². The zero-order chi connectivity index (χ0) is 7.40. The van der Waals surface area contributed by atoms with Crippen LogP contribution in [0, 0.1) is 0 Å². The second-order valence-corrected chi connectivity index (χ2v) is 3.01. The minimum Gasteiger partial charge on any atom is -0.311 e. The van der Waals surface area contributed by atoms with Gasteiger partial charge < -0.3 is 5.32 Å². The molecule has 1 saturated heterocycles. The Balaban J connectivity index is 2.25. The summed E-state index contributed by atoms with van der Waals surface area (Å²) in [5, 5.41) is 3.19. The largest absolute Gasteiger partial charge is 0.311 e. The third kappa shape index (κ3) is 1.94. The number of halogens is 1. The molecule has 0 radical (unpaired) electrons. The van der Waals surface area contributed by atoms with Crippen LogP contribution in [0.5, 0.6) is 0 Å². The molecule has 1 aliphatic rings. The highest BCUT2D eigenvalue weighted by Gasteiger charge is 2.22. The van der Waals surface area contributed by atoms with E-state index in [0.717, 1.165) is 32.2 Å². The summed E-state index contributed by atoms with van der Waals surface area (Å²) >= 11 is 0. The van der Waals surface area contributed by atoms with E-state index < -0.39 is 6.17 Å². The van der Waals surface area contributed by atoms with Crippen molar-refractivity contribution in [3.63, 3.8) is 0 Å². The summed E-state index contributed by atoms with van der Waals surface area (Å²) in [6, 6.07) is 0.152. The number of nitrogens with one attached hydrogen (secondary N) is 1. The van der Waals surface area contributed by atoms with Gasteiger partial charge in [-0.15, -0.1) is 0 Å². The van der Waals surface area contributed by atoms with Gasteiger partial charge in [-0.1, -0.05) is 13.3 Å². The highest BCUT2D eigenvalue weighted by Crippen LogP contribution is 2.15. The molecule has 2 unspecified atom stereocenters. The van der Waals surface area contributed by atoms with Crippen molar-refractivity contribution in [2.75, 3.05) is 6.54 Å². The van der Waals surface area contributed by atoms with Crippen LogP contribution in [0.15, 0.2) is 0 Å². The summed E-state index contributed by atoms with van der Waals surface area (Å²) < 4.78 is 13.0. The van der Waals surface area contributed by atoms with Crippen molar-refractivity contribution in [1.82, 2.24) is 5.32 Å². The first kappa shape index (κ1) is 7.99. The molecule has 2 heteroatoms. The Hall–Kier alpha value is -0.110. The lowest BCUT2D eigenvalue weighted by atomic mass is 9.99. The van der Waals surface area contributed by atoms with E-state index in [0.29, 0.717) is 0 Å². The Bertz CT molecular complexity index is 93.3. The number of piperidine rings is 1. The molecular weight excluding hydrogens is 129 g/mol. The number of alkyl halides is 1. The molecule has 0 saturated carbocycles. The van der Waals surface area contributed by atoms with Gasteiger partial charge in [0.25, 0.3) is 0 Å². The minimum absolute atomic E-state index is 0.152. The standard InChI is InChI=1S/C8H16FN/c1-2-4-8-7(9)5-3-6-10-8/h7-8,10H,2-6H2,1H3. The van der Waals surface area contributed by atoms with Crippen molar-refractivity contribution < 1.29 is 4.39 Å². The van der Waals surface area contributed by atoms with Gasteiger partial charge >= 0.3 is 0 Å². The van der Waals surface area contributed by atoms with Crippen LogP contribution in [0.2, 0.25) is 0 Å². The van der Waals surface area contributed by atoms with E-state index in [1.165, 1.54) is 0 Å². The van der Waals surface area contributed by atoms with E-state index in [1.54, 1.807) is 0 Å². The highest BCUT2D eigenvalue weighted by atomic mass is 19.1. The third-order valence-electron chi connectivity index (χ3n) is 2.10. The summed E-state index contributed by atoms with van der Waals surface area (Å²) in [7, 11) is 0. The van der Waals surface area contributed by atoms with Gasteiger partial charge in [-0.05, 0) is 25.8 Å². The molecule has 1 rings (SSSR count). The van der Waals surface area contributed by atoms with Gasteiger partial charge in [-0.3, -0.25) is 0 Å². The molecule has 1 N–H and O–H groups in total. The first-order valence-corrected chi connectivity index (χ1v) is 4.22.